The molecule has 4 nitrogen and oxygen atoms in total. The highest BCUT2D eigenvalue weighted by atomic mass is 35.5. The highest BCUT2D eigenvalue weighted by Gasteiger charge is 2.27. The van der Waals surface area contributed by atoms with E-state index in [0.717, 1.165) is 37.4 Å². The van der Waals surface area contributed by atoms with Crippen molar-refractivity contribution in [2.45, 2.75) is 32.1 Å². The molecular formula is C16H18ClN3O. The average molecular weight is 304 g/mol. The summed E-state index contributed by atoms with van der Waals surface area (Å²) in [5.41, 5.74) is 0. The topological polar surface area (TPSA) is 47.0 Å². The van der Waals surface area contributed by atoms with Crippen molar-refractivity contribution >= 4 is 17.4 Å². The fourth-order valence-corrected chi connectivity index (χ4v) is 2.19. The third-order valence-electron chi connectivity index (χ3n) is 3.24. The van der Waals surface area contributed by atoms with Gasteiger partial charge in [0.15, 0.2) is 0 Å². The predicted octanol–water partition coefficient (Wildman–Crippen LogP) is 4.62. The number of hydrogen-bond acceptors (Lipinski definition) is 4. The number of benzene rings is 1. The number of aromatic nitrogens is 2. The lowest BCUT2D eigenvalue weighted by Crippen LogP contribution is -2.05. The van der Waals surface area contributed by atoms with E-state index in [1.165, 1.54) is 0 Å². The molecule has 1 aromatic carbocycles. The summed E-state index contributed by atoms with van der Waals surface area (Å²) >= 11 is 5.98. The van der Waals surface area contributed by atoms with Crippen LogP contribution >= 0.6 is 11.6 Å². The van der Waals surface area contributed by atoms with E-state index in [1.807, 2.05) is 24.3 Å². The summed E-state index contributed by atoms with van der Waals surface area (Å²) in [5, 5.41) is 3.94. The quantitative estimate of drug-likeness (QED) is 0.845. The normalized spacial score (nSPS) is 14.0. The molecule has 2 aromatic rings. The van der Waals surface area contributed by atoms with Crippen LogP contribution < -0.4 is 10.1 Å². The molecule has 0 bridgehead atoms. The first kappa shape index (κ1) is 14.1. The van der Waals surface area contributed by atoms with Crippen LogP contribution in [0, 0.1) is 0 Å². The van der Waals surface area contributed by atoms with Crippen molar-refractivity contribution in [3.63, 3.8) is 0 Å². The van der Waals surface area contributed by atoms with Gasteiger partial charge >= 0.3 is 0 Å². The van der Waals surface area contributed by atoms with Gasteiger partial charge in [-0.05, 0) is 37.5 Å². The minimum Gasteiger partial charge on any atom is -0.439 e. The van der Waals surface area contributed by atoms with Gasteiger partial charge in [0.1, 0.15) is 17.4 Å². The van der Waals surface area contributed by atoms with Gasteiger partial charge in [-0.1, -0.05) is 24.6 Å². The third kappa shape index (κ3) is 3.85. The van der Waals surface area contributed by atoms with E-state index in [9.17, 15) is 0 Å². The molecule has 5 heteroatoms. The molecule has 1 aliphatic carbocycles. The molecule has 0 amide bonds. The first-order valence-electron chi connectivity index (χ1n) is 7.31. The first-order valence-corrected chi connectivity index (χ1v) is 7.68. The van der Waals surface area contributed by atoms with E-state index in [1.54, 1.807) is 6.07 Å². The van der Waals surface area contributed by atoms with Gasteiger partial charge in [-0.3, -0.25) is 0 Å². The lowest BCUT2D eigenvalue weighted by atomic mass is 10.3. The van der Waals surface area contributed by atoms with Gasteiger partial charge in [0.25, 0.3) is 0 Å². The van der Waals surface area contributed by atoms with Gasteiger partial charge in [-0.2, -0.15) is 4.98 Å². The van der Waals surface area contributed by atoms with E-state index < -0.39 is 0 Å². The Morgan fingerprint density at radius 3 is 2.86 bits per heavy atom. The molecule has 1 N–H and O–H groups in total. The van der Waals surface area contributed by atoms with Crippen LogP contribution in [0.4, 0.5) is 5.82 Å². The summed E-state index contributed by atoms with van der Waals surface area (Å²) in [6.07, 6.45) is 3.37. The summed E-state index contributed by atoms with van der Waals surface area (Å²) in [6, 6.07) is 9.15. The molecule has 1 aliphatic rings. The molecule has 3 rings (SSSR count). The van der Waals surface area contributed by atoms with Gasteiger partial charge in [-0.15, -0.1) is 0 Å². The standard InChI is InChI=1S/C16H18ClN3O/c1-2-8-18-14-10-15(20-16(19-14)11-6-7-11)21-13-5-3-4-12(17)9-13/h3-5,9-11H,2,6-8H2,1H3,(H,18,19,20). The minimum atomic E-state index is 0.482. The largest absolute Gasteiger partial charge is 0.439 e. The van der Waals surface area contributed by atoms with Gasteiger partial charge in [0, 0.05) is 23.6 Å². The van der Waals surface area contributed by atoms with Crippen LogP contribution in [0.15, 0.2) is 30.3 Å². The predicted molar refractivity (Wildman–Crippen MR) is 84.3 cm³/mol. The van der Waals surface area contributed by atoms with Crippen LogP contribution in [-0.2, 0) is 0 Å². The Hall–Kier alpha value is -1.81. The Morgan fingerprint density at radius 1 is 1.29 bits per heavy atom. The van der Waals surface area contributed by atoms with E-state index in [2.05, 4.69) is 22.2 Å². The average Bonchev–Trinajstić information content (AvgIpc) is 3.29. The molecule has 0 atom stereocenters. The van der Waals surface area contributed by atoms with E-state index >= 15 is 0 Å². The Bertz CT molecular complexity index is 629. The number of nitrogens with one attached hydrogen (secondary N) is 1. The molecule has 110 valence electrons. The fraction of sp³-hybridized carbons (Fsp3) is 0.375. The highest BCUT2D eigenvalue weighted by Crippen LogP contribution is 2.39. The molecule has 1 aromatic heterocycles. The molecule has 0 unspecified atom stereocenters. The maximum absolute atomic E-state index is 5.98. The van der Waals surface area contributed by atoms with Gasteiger partial charge in [0.05, 0.1) is 0 Å². The summed E-state index contributed by atoms with van der Waals surface area (Å²) in [4.78, 5) is 9.08. The zero-order valence-corrected chi connectivity index (χ0v) is 12.7. The number of anilines is 1. The smallest absolute Gasteiger partial charge is 0.224 e. The minimum absolute atomic E-state index is 0.482. The zero-order chi connectivity index (χ0) is 14.7. The van der Waals surface area contributed by atoms with Crippen LogP contribution in [0.25, 0.3) is 0 Å². The molecule has 0 saturated heterocycles. The summed E-state index contributed by atoms with van der Waals surface area (Å²) in [7, 11) is 0. The summed E-state index contributed by atoms with van der Waals surface area (Å²) < 4.78 is 5.82. The molecule has 1 heterocycles. The van der Waals surface area contributed by atoms with Crippen molar-refractivity contribution in [2.75, 3.05) is 11.9 Å². The SMILES string of the molecule is CCCNc1cc(Oc2cccc(Cl)c2)nc(C2CC2)n1. The van der Waals surface area contributed by atoms with Gasteiger partial charge in [-0.25, -0.2) is 4.98 Å². The van der Waals surface area contributed by atoms with Crippen LogP contribution in [0.1, 0.15) is 37.9 Å². The number of halogens is 1. The maximum Gasteiger partial charge on any atom is 0.224 e. The second-order valence-corrected chi connectivity index (χ2v) is 5.65. The number of ether oxygens (including phenoxy) is 1. The van der Waals surface area contributed by atoms with Crippen LogP contribution in [-0.4, -0.2) is 16.5 Å². The van der Waals surface area contributed by atoms with E-state index in [0.29, 0.717) is 22.6 Å². The lowest BCUT2D eigenvalue weighted by molar-refractivity contribution is 0.459. The summed E-state index contributed by atoms with van der Waals surface area (Å²) in [6.45, 7) is 3.01. The molecule has 1 saturated carbocycles. The molecule has 0 aliphatic heterocycles. The summed E-state index contributed by atoms with van der Waals surface area (Å²) in [5.74, 6) is 3.42. The lowest BCUT2D eigenvalue weighted by Gasteiger charge is -2.10. The van der Waals surface area contributed by atoms with Crippen molar-refractivity contribution in [3.05, 3.63) is 41.2 Å². The molecule has 1 fully saturated rings. The van der Waals surface area contributed by atoms with Crippen molar-refractivity contribution in [2.24, 2.45) is 0 Å². The second kappa shape index (κ2) is 6.31. The molecule has 21 heavy (non-hydrogen) atoms. The number of nitrogens with zero attached hydrogens (tertiary/aromatic N) is 2. The third-order valence-corrected chi connectivity index (χ3v) is 3.47. The first-order chi connectivity index (χ1) is 10.2. The number of hydrogen-bond donors (Lipinski definition) is 1. The second-order valence-electron chi connectivity index (χ2n) is 5.21. The van der Waals surface area contributed by atoms with Crippen molar-refractivity contribution < 1.29 is 4.74 Å². The fourth-order valence-electron chi connectivity index (χ4n) is 2.01. The van der Waals surface area contributed by atoms with Crippen molar-refractivity contribution in [1.82, 2.24) is 9.97 Å². The van der Waals surface area contributed by atoms with Crippen LogP contribution in [0.5, 0.6) is 11.6 Å². The molecular weight excluding hydrogens is 286 g/mol. The maximum atomic E-state index is 5.98. The van der Waals surface area contributed by atoms with Crippen molar-refractivity contribution in [1.29, 1.82) is 0 Å². The van der Waals surface area contributed by atoms with E-state index in [-0.39, 0.29) is 0 Å². The Balaban J connectivity index is 1.84. The van der Waals surface area contributed by atoms with Crippen LogP contribution in [0.3, 0.4) is 0 Å². The monoisotopic (exact) mass is 303 g/mol. The van der Waals surface area contributed by atoms with Gasteiger partial charge < -0.3 is 10.1 Å². The van der Waals surface area contributed by atoms with Crippen LogP contribution in [0.2, 0.25) is 5.02 Å². The zero-order valence-electron chi connectivity index (χ0n) is 12.0. The van der Waals surface area contributed by atoms with E-state index in [4.69, 9.17) is 16.3 Å². The molecule has 0 radical (unpaired) electrons. The Kier molecular flexibility index (Phi) is 4.25. The Labute approximate surface area is 129 Å². The Morgan fingerprint density at radius 2 is 2.14 bits per heavy atom. The number of rotatable bonds is 6. The van der Waals surface area contributed by atoms with Gasteiger partial charge in [0.2, 0.25) is 5.88 Å². The molecule has 0 spiro atoms. The van der Waals surface area contributed by atoms with Crippen molar-refractivity contribution in [3.8, 4) is 11.6 Å². The highest BCUT2D eigenvalue weighted by molar-refractivity contribution is 6.30.